The number of hydrogen-bond acceptors (Lipinski definition) is 5. The van der Waals surface area contributed by atoms with Gasteiger partial charge in [-0.1, -0.05) is 24.3 Å². The van der Waals surface area contributed by atoms with E-state index >= 15 is 0 Å². The monoisotopic (exact) mass is 446 g/mol. The fourth-order valence-corrected chi connectivity index (χ4v) is 3.51. The van der Waals surface area contributed by atoms with Gasteiger partial charge in [-0.25, -0.2) is 0 Å². The van der Waals surface area contributed by atoms with Crippen LogP contribution in [-0.4, -0.2) is 48.9 Å². The SMILES string of the molecule is COc1ccccc1CC(C)NCc1cc(NC(=O)c2ccccn2)cc(C(=O)N(C)C)c1. The fourth-order valence-electron chi connectivity index (χ4n) is 3.51. The summed E-state index contributed by atoms with van der Waals surface area (Å²) in [5.41, 5.74) is 3.39. The van der Waals surface area contributed by atoms with Crippen molar-refractivity contribution in [3.05, 3.63) is 89.2 Å². The largest absolute Gasteiger partial charge is 0.496 e. The highest BCUT2D eigenvalue weighted by Crippen LogP contribution is 2.20. The van der Waals surface area contributed by atoms with Crippen LogP contribution in [0.2, 0.25) is 0 Å². The molecule has 1 aromatic heterocycles. The van der Waals surface area contributed by atoms with E-state index < -0.39 is 0 Å². The third-order valence-corrected chi connectivity index (χ3v) is 5.17. The van der Waals surface area contributed by atoms with Crippen LogP contribution in [0, 0.1) is 0 Å². The lowest BCUT2D eigenvalue weighted by molar-refractivity contribution is 0.0827. The van der Waals surface area contributed by atoms with E-state index in [9.17, 15) is 9.59 Å². The lowest BCUT2D eigenvalue weighted by Gasteiger charge is -2.18. The van der Waals surface area contributed by atoms with Gasteiger partial charge in [-0.3, -0.25) is 14.6 Å². The molecule has 2 N–H and O–H groups in total. The summed E-state index contributed by atoms with van der Waals surface area (Å²) < 4.78 is 5.45. The first-order chi connectivity index (χ1) is 15.9. The van der Waals surface area contributed by atoms with Crippen molar-refractivity contribution in [3.8, 4) is 5.75 Å². The number of carbonyl (C=O) groups is 2. The number of carbonyl (C=O) groups excluding carboxylic acids is 2. The number of amides is 2. The Hall–Kier alpha value is -3.71. The average molecular weight is 447 g/mol. The van der Waals surface area contributed by atoms with E-state index in [4.69, 9.17) is 4.74 Å². The first-order valence-electron chi connectivity index (χ1n) is 10.8. The Balaban J connectivity index is 1.75. The number of anilines is 1. The normalized spacial score (nSPS) is 11.5. The minimum Gasteiger partial charge on any atom is -0.496 e. The van der Waals surface area contributed by atoms with Crippen LogP contribution in [0.25, 0.3) is 0 Å². The molecule has 2 amide bonds. The highest BCUT2D eigenvalue weighted by Gasteiger charge is 2.14. The molecule has 0 saturated carbocycles. The number of hydrogen-bond donors (Lipinski definition) is 2. The summed E-state index contributed by atoms with van der Waals surface area (Å²) in [6.07, 6.45) is 2.36. The van der Waals surface area contributed by atoms with E-state index in [0.717, 1.165) is 23.3 Å². The molecule has 0 saturated heterocycles. The summed E-state index contributed by atoms with van der Waals surface area (Å²) in [4.78, 5) is 30.8. The van der Waals surface area contributed by atoms with Crippen molar-refractivity contribution in [3.63, 3.8) is 0 Å². The lowest BCUT2D eigenvalue weighted by atomic mass is 10.0. The molecule has 0 spiro atoms. The topological polar surface area (TPSA) is 83.6 Å². The summed E-state index contributed by atoms with van der Waals surface area (Å²) in [6, 6.07) is 18.7. The summed E-state index contributed by atoms with van der Waals surface area (Å²) in [6.45, 7) is 2.64. The van der Waals surface area contributed by atoms with Crippen molar-refractivity contribution in [1.29, 1.82) is 0 Å². The third-order valence-electron chi connectivity index (χ3n) is 5.17. The number of pyridine rings is 1. The van der Waals surface area contributed by atoms with Crippen molar-refractivity contribution in [2.45, 2.75) is 25.9 Å². The van der Waals surface area contributed by atoms with Gasteiger partial charge in [-0.2, -0.15) is 0 Å². The molecule has 0 bridgehead atoms. The van der Waals surface area contributed by atoms with Crippen LogP contribution in [-0.2, 0) is 13.0 Å². The molecule has 0 aliphatic carbocycles. The zero-order chi connectivity index (χ0) is 23.8. The Kier molecular flexibility index (Phi) is 8.16. The van der Waals surface area contributed by atoms with Gasteiger partial charge in [0.15, 0.2) is 0 Å². The molecule has 7 nitrogen and oxygen atoms in total. The molecule has 0 radical (unpaired) electrons. The summed E-state index contributed by atoms with van der Waals surface area (Å²) in [5.74, 6) is 0.407. The molecule has 0 fully saturated rings. The molecule has 172 valence electrons. The zero-order valence-corrected chi connectivity index (χ0v) is 19.5. The highest BCUT2D eigenvalue weighted by molar-refractivity contribution is 6.04. The Morgan fingerprint density at radius 1 is 1.06 bits per heavy atom. The van der Waals surface area contributed by atoms with Crippen LogP contribution >= 0.6 is 0 Å². The van der Waals surface area contributed by atoms with Crippen molar-refractivity contribution in [2.24, 2.45) is 0 Å². The molecule has 1 heterocycles. The second-order valence-electron chi connectivity index (χ2n) is 8.09. The summed E-state index contributed by atoms with van der Waals surface area (Å²) in [5, 5.41) is 6.36. The molecule has 0 aliphatic rings. The predicted molar refractivity (Wildman–Crippen MR) is 130 cm³/mol. The quantitative estimate of drug-likeness (QED) is 0.523. The zero-order valence-electron chi connectivity index (χ0n) is 19.5. The minimum absolute atomic E-state index is 0.132. The second-order valence-corrected chi connectivity index (χ2v) is 8.09. The van der Waals surface area contributed by atoms with Gasteiger partial charge in [-0.15, -0.1) is 0 Å². The van der Waals surface area contributed by atoms with Crippen LogP contribution in [0.15, 0.2) is 66.9 Å². The maximum absolute atomic E-state index is 12.6. The number of aromatic nitrogens is 1. The van der Waals surface area contributed by atoms with Crippen molar-refractivity contribution in [2.75, 3.05) is 26.5 Å². The van der Waals surface area contributed by atoms with E-state index in [-0.39, 0.29) is 17.9 Å². The molecule has 7 heteroatoms. The number of benzene rings is 2. The standard InChI is InChI=1S/C26H30N4O3/c1-18(13-20-9-5-6-11-24(20)33-4)28-17-19-14-21(26(32)30(2)3)16-22(15-19)29-25(31)23-10-7-8-12-27-23/h5-12,14-16,18,28H,13,17H2,1-4H3,(H,29,31). The number of para-hydroxylation sites is 1. The average Bonchev–Trinajstić information content (AvgIpc) is 2.83. The Bertz CT molecular complexity index is 1100. The summed E-state index contributed by atoms with van der Waals surface area (Å²) in [7, 11) is 5.08. The third kappa shape index (κ3) is 6.63. The first-order valence-corrected chi connectivity index (χ1v) is 10.8. The van der Waals surface area contributed by atoms with Crippen molar-refractivity contribution in [1.82, 2.24) is 15.2 Å². The van der Waals surface area contributed by atoms with Gasteiger partial charge in [-0.05, 0) is 60.9 Å². The van der Waals surface area contributed by atoms with Crippen LogP contribution in [0.4, 0.5) is 5.69 Å². The van der Waals surface area contributed by atoms with Gasteiger partial charge in [0.05, 0.1) is 7.11 Å². The van der Waals surface area contributed by atoms with Crippen LogP contribution in [0.3, 0.4) is 0 Å². The Labute approximate surface area is 194 Å². The van der Waals surface area contributed by atoms with Gasteiger partial charge < -0.3 is 20.3 Å². The number of ether oxygens (including phenoxy) is 1. The molecule has 33 heavy (non-hydrogen) atoms. The van der Waals surface area contributed by atoms with Crippen LogP contribution in [0.5, 0.6) is 5.75 Å². The second kappa shape index (κ2) is 11.2. The highest BCUT2D eigenvalue weighted by atomic mass is 16.5. The number of methoxy groups -OCH3 is 1. The van der Waals surface area contributed by atoms with E-state index in [2.05, 4.69) is 28.6 Å². The molecule has 0 aliphatic heterocycles. The van der Waals surface area contributed by atoms with E-state index in [1.54, 1.807) is 51.7 Å². The molecule has 2 aromatic carbocycles. The van der Waals surface area contributed by atoms with Crippen LogP contribution < -0.4 is 15.4 Å². The number of rotatable bonds is 9. The van der Waals surface area contributed by atoms with Crippen LogP contribution in [0.1, 0.15) is 38.9 Å². The van der Waals surface area contributed by atoms with E-state index in [0.29, 0.717) is 23.5 Å². The van der Waals surface area contributed by atoms with Gasteiger partial charge in [0.25, 0.3) is 11.8 Å². The smallest absolute Gasteiger partial charge is 0.274 e. The first kappa shape index (κ1) is 23.9. The molecule has 3 aromatic rings. The Morgan fingerprint density at radius 2 is 1.82 bits per heavy atom. The van der Waals surface area contributed by atoms with Crippen molar-refractivity contribution >= 4 is 17.5 Å². The minimum atomic E-state index is -0.325. The van der Waals surface area contributed by atoms with E-state index in [1.165, 1.54) is 4.90 Å². The lowest BCUT2D eigenvalue weighted by Crippen LogP contribution is -2.28. The molecule has 1 atom stereocenters. The van der Waals surface area contributed by atoms with Gasteiger partial charge in [0.2, 0.25) is 0 Å². The van der Waals surface area contributed by atoms with Crippen molar-refractivity contribution < 1.29 is 14.3 Å². The molecule has 1 unspecified atom stereocenters. The van der Waals surface area contributed by atoms with Gasteiger partial charge in [0.1, 0.15) is 11.4 Å². The molecule has 3 rings (SSSR count). The number of nitrogens with zero attached hydrogens (tertiary/aromatic N) is 2. The molecular weight excluding hydrogens is 416 g/mol. The molecular formula is C26H30N4O3. The predicted octanol–water partition coefficient (Wildman–Crippen LogP) is 3.77. The summed E-state index contributed by atoms with van der Waals surface area (Å²) >= 11 is 0. The van der Waals surface area contributed by atoms with E-state index in [1.807, 2.05) is 30.3 Å². The Morgan fingerprint density at radius 3 is 2.52 bits per heavy atom. The van der Waals surface area contributed by atoms with Gasteiger partial charge >= 0.3 is 0 Å². The van der Waals surface area contributed by atoms with Gasteiger partial charge in [0, 0.05) is 44.1 Å². The maximum Gasteiger partial charge on any atom is 0.274 e. The number of nitrogens with one attached hydrogen (secondary N) is 2. The maximum atomic E-state index is 12.6. The fraction of sp³-hybridized carbons (Fsp3) is 0.269.